The van der Waals surface area contributed by atoms with Gasteiger partial charge in [-0.1, -0.05) is 36.0 Å². The topological polar surface area (TPSA) is 53.5 Å². The van der Waals surface area contributed by atoms with Gasteiger partial charge in [0.15, 0.2) is 0 Å². The van der Waals surface area contributed by atoms with E-state index in [0.717, 1.165) is 24.1 Å². The number of carbonyl (C=O) groups is 1. The molecular formula is C28H35N3OS. The van der Waals surface area contributed by atoms with Crippen LogP contribution in [0, 0.1) is 0 Å². The van der Waals surface area contributed by atoms with Crippen molar-refractivity contribution in [2.24, 2.45) is 4.99 Å². The zero-order chi connectivity index (χ0) is 22.9. The summed E-state index contributed by atoms with van der Waals surface area (Å²) in [5.41, 5.74) is 5.13. The minimum Gasteiger partial charge on any atom is -0.393 e. The molecule has 1 heterocycles. The first-order valence-electron chi connectivity index (χ1n) is 12.2. The molecule has 0 atom stereocenters. The monoisotopic (exact) mass is 461 g/mol. The molecule has 0 aliphatic heterocycles. The van der Waals surface area contributed by atoms with Gasteiger partial charge in [-0.15, -0.1) is 11.3 Å². The molecule has 0 radical (unpaired) electrons. The van der Waals surface area contributed by atoms with E-state index in [-0.39, 0.29) is 5.91 Å². The molecule has 33 heavy (non-hydrogen) atoms. The summed E-state index contributed by atoms with van der Waals surface area (Å²) in [4.78, 5) is 19.3. The van der Waals surface area contributed by atoms with E-state index in [2.05, 4.69) is 47.1 Å². The van der Waals surface area contributed by atoms with Gasteiger partial charge < -0.3 is 10.6 Å². The highest BCUT2D eigenvalue weighted by Gasteiger charge is 2.25. The Hall–Kier alpha value is -2.66. The second kappa shape index (κ2) is 12.0. The minimum absolute atomic E-state index is 0.0562. The summed E-state index contributed by atoms with van der Waals surface area (Å²) in [6, 6.07) is 4.09. The molecule has 0 spiro atoms. The predicted molar refractivity (Wildman–Crippen MR) is 140 cm³/mol. The Morgan fingerprint density at radius 3 is 2.94 bits per heavy atom. The Balaban J connectivity index is 1.25. The predicted octanol–water partition coefficient (Wildman–Crippen LogP) is 6.23. The van der Waals surface area contributed by atoms with Crippen LogP contribution in [0.5, 0.6) is 0 Å². The van der Waals surface area contributed by atoms with Crippen LogP contribution in [-0.4, -0.2) is 32.3 Å². The maximum atomic E-state index is 12.4. The first-order valence-corrected chi connectivity index (χ1v) is 13.0. The molecule has 1 saturated carbocycles. The molecule has 1 amide bonds. The smallest absolute Gasteiger partial charge is 0.261 e. The standard InChI is InChI=1S/C28H35N3OS/c1-29-19-25(23-8-3-2-4-9-23)20-30-18-22-7-5-6-21(10-11-22)16-17-31-28(32)27-15-14-26(33-27)24-12-13-24/h5,7-8,10-11,14-15,19-20,24,29H,2-4,6,9,12-13,16-18H2,1H3,(H,31,32)/b25-19+,30-20-. The number of allylic oxidation sites excluding steroid dienone is 6. The number of nitrogens with zero attached hydrogens (tertiary/aromatic N) is 1. The third-order valence-corrected chi connectivity index (χ3v) is 7.52. The Kier molecular flexibility index (Phi) is 8.53. The molecular weight excluding hydrogens is 426 g/mol. The molecule has 2 N–H and O–H groups in total. The van der Waals surface area contributed by atoms with Crippen molar-refractivity contribution in [1.82, 2.24) is 10.6 Å². The van der Waals surface area contributed by atoms with Crippen LogP contribution in [-0.2, 0) is 0 Å². The van der Waals surface area contributed by atoms with E-state index in [1.54, 1.807) is 11.3 Å². The van der Waals surface area contributed by atoms with Crippen LogP contribution in [0.4, 0.5) is 0 Å². The molecule has 174 valence electrons. The van der Waals surface area contributed by atoms with Gasteiger partial charge in [-0.3, -0.25) is 9.79 Å². The number of nitrogens with one attached hydrogen (secondary N) is 2. The van der Waals surface area contributed by atoms with E-state index >= 15 is 0 Å². The largest absolute Gasteiger partial charge is 0.393 e. The van der Waals surface area contributed by atoms with Crippen molar-refractivity contribution in [2.75, 3.05) is 20.1 Å². The van der Waals surface area contributed by atoms with Crippen LogP contribution in [0.15, 0.2) is 76.0 Å². The van der Waals surface area contributed by atoms with E-state index in [1.165, 1.54) is 59.3 Å². The van der Waals surface area contributed by atoms with E-state index < -0.39 is 0 Å². The second-order valence-electron chi connectivity index (χ2n) is 8.99. The van der Waals surface area contributed by atoms with Gasteiger partial charge in [0, 0.05) is 36.5 Å². The van der Waals surface area contributed by atoms with Crippen LogP contribution in [0.1, 0.15) is 71.8 Å². The fraction of sp³-hybridized carbons (Fsp3) is 0.429. The molecule has 3 aliphatic rings. The highest BCUT2D eigenvalue weighted by atomic mass is 32.1. The van der Waals surface area contributed by atoms with Crippen molar-refractivity contribution in [3.05, 3.63) is 80.8 Å². The summed E-state index contributed by atoms with van der Waals surface area (Å²) in [7, 11) is 1.94. The lowest BCUT2D eigenvalue weighted by Gasteiger charge is -2.13. The number of carbonyl (C=O) groups excluding carboxylic acids is 1. The highest BCUT2D eigenvalue weighted by molar-refractivity contribution is 7.14. The van der Waals surface area contributed by atoms with Crippen molar-refractivity contribution in [2.45, 2.75) is 57.3 Å². The first-order chi connectivity index (χ1) is 16.2. The summed E-state index contributed by atoms with van der Waals surface area (Å²) in [5, 5.41) is 6.24. The average molecular weight is 462 g/mol. The van der Waals surface area contributed by atoms with Gasteiger partial charge in [-0.05, 0) is 80.6 Å². The van der Waals surface area contributed by atoms with Gasteiger partial charge in [0.2, 0.25) is 0 Å². The molecule has 0 saturated heterocycles. The fourth-order valence-corrected chi connectivity index (χ4v) is 5.30. The molecule has 0 unspecified atom stereocenters. The minimum atomic E-state index is 0.0562. The lowest BCUT2D eigenvalue weighted by Crippen LogP contribution is -2.23. The molecule has 1 aromatic heterocycles. The fourth-order valence-electron chi connectivity index (χ4n) is 4.20. The first kappa shape index (κ1) is 23.5. The van der Waals surface area contributed by atoms with E-state index in [9.17, 15) is 4.79 Å². The maximum Gasteiger partial charge on any atom is 0.261 e. The Bertz CT molecular complexity index is 1020. The van der Waals surface area contributed by atoms with E-state index in [4.69, 9.17) is 4.99 Å². The quantitative estimate of drug-likeness (QED) is 0.406. The van der Waals surface area contributed by atoms with E-state index in [0.29, 0.717) is 19.0 Å². The van der Waals surface area contributed by atoms with Crippen LogP contribution in [0.2, 0.25) is 0 Å². The summed E-state index contributed by atoms with van der Waals surface area (Å²) in [5.74, 6) is 0.765. The van der Waals surface area contributed by atoms with E-state index in [1.807, 2.05) is 25.5 Å². The number of amides is 1. The second-order valence-corrected chi connectivity index (χ2v) is 10.1. The SMILES string of the molecule is CN/C=C(\C=N/CC1=CC=C(CCNC(=O)c2ccc(C3CC3)s2)CC=C1)C1=CCCCC1. The van der Waals surface area contributed by atoms with Crippen molar-refractivity contribution < 1.29 is 4.79 Å². The molecule has 3 aliphatic carbocycles. The van der Waals surface area contributed by atoms with Gasteiger partial charge in [0.05, 0.1) is 11.4 Å². The molecule has 0 aromatic carbocycles. The van der Waals surface area contributed by atoms with Crippen molar-refractivity contribution in [1.29, 1.82) is 0 Å². The van der Waals surface area contributed by atoms with Crippen LogP contribution >= 0.6 is 11.3 Å². The third-order valence-electron chi connectivity index (χ3n) is 6.27. The molecule has 4 nitrogen and oxygen atoms in total. The highest BCUT2D eigenvalue weighted by Crippen LogP contribution is 2.43. The van der Waals surface area contributed by atoms with Crippen molar-refractivity contribution in [3.63, 3.8) is 0 Å². The zero-order valence-corrected chi connectivity index (χ0v) is 20.4. The van der Waals surface area contributed by atoms with Gasteiger partial charge in [0.1, 0.15) is 0 Å². The Morgan fingerprint density at radius 2 is 2.15 bits per heavy atom. The van der Waals surface area contributed by atoms with Crippen molar-refractivity contribution in [3.8, 4) is 0 Å². The van der Waals surface area contributed by atoms with Crippen molar-refractivity contribution >= 4 is 23.5 Å². The Labute approximate surface area is 202 Å². The number of thiophene rings is 1. The molecule has 1 aromatic rings. The lowest BCUT2D eigenvalue weighted by atomic mass is 9.94. The molecule has 0 bridgehead atoms. The number of rotatable bonds is 10. The third kappa shape index (κ3) is 7.16. The van der Waals surface area contributed by atoms with Gasteiger partial charge in [0.25, 0.3) is 5.91 Å². The summed E-state index contributed by atoms with van der Waals surface area (Å²) in [6.45, 7) is 1.34. The molecule has 4 rings (SSSR count). The summed E-state index contributed by atoms with van der Waals surface area (Å²) < 4.78 is 0. The molecule has 5 heteroatoms. The van der Waals surface area contributed by atoms with Gasteiger partial charge in [-0.25, -0.2) is 0 Å². The lowest BCUT2D eigenvalue weighted by molar-refractivity contribution is 0.0958. The Morgan fingerprint density at radius 1 is 1.24 bits per heavy atom. The van der Waals surface area contributed by atoms with Gasteiger partial charge >= 0.3 is 0 Å². The van der Waals surface area contributed by atoms with Gasteiger partial charge in [-0.2, -0.15) is 0 Å². The van der Waals surface area contributed by atoms with Crippen LogP contribution in [0.25, 0.3) is 0 Å². The summed E-state index contributed by atoms with van der Waals surface area (Å²) >= 11 is 1.65. The normalized spacial score (nSPS) is 19.1. The average Bonchev–Trinajstić information content (AvgIpc) is 3.61. The zero-order valence-electron chi connectivity index (χ0n) is 19.6. The molecule has 1 fully saturated rings. The number of hydrogen-bond donors (Lipinski definition) is 2. The van der Waals surface area contributed by atoms with Crippen LogP contribution < -0.4 is 10.6 Å². The number of aliphatic imine (C=N–C) groups is 1. The number of hydrogen-bond acceptors (Lipinski definition) is 4. The van der Waals surface area contributed by atoms with Crippen LogP contribution in [0.3, 0.4) is 0 Å². The summed E-state index contributed by atoms with van der Waals surface area (Å²) in [6.07, 6.45) is 24.3. The maximum absolute atomic E-state index is 12.4.